The lowest BCUT2D eigenvalue weighted by molar-refractivity contribution is 0.319. The Morgan fingerprint density at radius 1 is 1.12 bits per heavy atom. The smallest absolute Gasteiger partial charge is 0.219 e. The summed E-state index contributed by atoms with van der Waals surface area (Å²) in [5, 5.41) is 0. The predicted molar refractivity (Wildman–Crippen MR) is 66.3 cm³/mol. The second-order valence-corrected chi connectivity index (χ2v) is 3.41. The molecule has 1 aromatic carbocycles. The fourth-order valence-electron chi connectivity index (χ4n) is 1.37. The monoisotopic (exact) mass is 230 g/mol. The number of nitrogens with two attached hydrogens (primary N) is 1. The van der Waals surface area contributed by atoms with Crippen LogP contribution < -0.4 is 15.2 Å². The van der Waals surface area contributed by atoms with E-state index in [-0.39, 0.29) is 0 Å². The number of para-hydroxylation sites is 2. The van der Waals surface area contributed by atoms with Gasteiger partial charge in [-0.3, -0.25) is 0 Å². The van der Waals surface area contributed by atoms with Crippen molar-refractivity contribution in [1.29, 1.82) is 0 Å². The summed E-state index contributed by atoms with van der Waals surface area (Å²) in [7, 11) is 0. The Hall–Kier alpha value is -2.23. The lowest BCUT2D eigenvalue weighted by atomic mass is 10.3. The molecule has 0 radical (unpaired) electrons. The number of aromatic nitrogens is 1. The lowest BCUT2D eigenvalue weighted by Gasteiger charge is -2.10. The summed E-state index contributed by atoms with van der Waals surface area (Å²) >= 11 is 0. The molecule has 2 N–H and O–H groups in total. The Labute approximate surface area is 100 Å². The number of pyridine rings is 1. The first-order chi connectivity index (χ1) is 8.29. The number of nitrogen functional groups attached to an aromatic ring is 1. The number of rotatable bonds is 4. The molecule has 0 spiro atoms. The molecule has 2 aromatic rings. The van der Waals surface area contributed by atoms with Crippen LogP contribution in [0.3, 0.4) is 0 Å². The number of anilines is 1. The van der Waals surface area contributed by atoms with E-state index in [2.05, 4.69) is 4.98 Å². The van der Waals surface area contributed by atoms with Crippen molar-refractivity contribution < 1.29 is 9.47 Å². The van der Waals surface area contributed by atoms with Crippen LogP contribution in [0.25, 0.3) is 0 Å². The fourth-order valence-corrected chi connectivity index (χ4v) is 1.37. The first-order valence-corrected chi connectivity index (χ1v) is 5.41. The van der Waals surface area contributed by atoms with Gasteiger partial charge in [-0.1, -0.05) is 12.1 Å². The molecular weight excluding hydrogens is 216 g/mol. The van der Waals surface area contributed by atoms with E-state index in [0.29, 0.717) is 29.7 Å². The van der Waals surface area contributed by atoms with Gasteiger partial charge in [0.1, 0.15) is 0 Å². The quantitative estimate of drug-likeness (QED) is 0.877. The van der Waals surface area contributed by atoms with E-state index in [1.54, 1.807) is 18.3 Å². The number of hydrogen-bond donors (Lipinski definition) is 1. The second-order valence-electron chi connectivity index (χ2n) is 3.41. The summed E-state index contributed by atoms with van der Waals surface area (Å²) < 4.78 is 11.1. The Kier molecular flexibility index (Phi) is 3.45. The highest BCUT2D eigenvalue weighted by Crippen LogP contribution is 2.30. The van der Waals surface area contributed by atoms with Crippen molar-refractivity contribution in [2.24, 2.45) is 0 Å². The molecule has 17 heavy (non-hydrogen) atoms. The van der Waals surface area contributed by atoms with E-state index >= 15 is 0 Å². The van der Waals surface area contributed by atoms with Gasteiger partial charge in [0.15, 0.2) is 11.5 Å². The first-order valence-electron chi connectivity index (χ1n) is 5.41. The largest absolute Gasteiger partial charge is 0.490 e. The van der Waals surface area contributed by atoms with Crippen LogP contribution in [0.5, 0.6) is 17.4 Å². The van der Waals surface area contributed by atoms with Crippen molar-refractivity contribution >= 4 is 5.69 Å². The van der Waals surface area contributed by atoms with E-state index in [9.17, 15) is 0 Å². The lowest BCUT2D eigenvalue weighted by Crippen LogP contribution is -1.95. The summed E-state index contributed by atoms with van der Waals surface area (Å²) in [5.41, 5.74) is 6.16. The molecule has 0 saturated carbocycles. The number of ether oxygens (including phenoxy) is 2. The van der Waals surface area contributed by atoms with Crippen molar-refractivity contribution in [3.63, 3.8) is 0 Å². The van der Waals surface area contributed by atoms with Crippen LogP contribution in [-0.4, -0.2) is 11.6 Å². The normalized spacial score (nSPS) is 9.94. The summed E-state index contributed by atoms with van der Waals surface area (Å²) in [6.45, 7) is 2.52. The molecular formula is C13H14N2O2. The third-order valence-corrected chi connectivity index (χ3v) is 2.12. The third-order valence-electron chi connectivity index (χ3n) is 2.12. The van der Waals surface area contributed by atoms with Gasteiger partial charge in [0.05, 0.1) is 18.5 Å². The molecule has 1 heterocycles. The van der Waals surface area contributed by atoms with Crippen LogP contribution in [-0.2, 0) is 0 Å². The van der Waals surface area contributed by atoms with Crippen molar-refractivity contribution in [2.45, 2.75) is 6.92 Å². The van der Waals surface area contributed by atoms with Crippen LogP contribution >= 0.6 is 0 Å². The van der Waals surface area contributed by atoms with Gasteiger partial charge in [-0.2, -0.15) is 0 Å². The molecule has 0 aliphatic heterocycles. The second kappa shape index (κ2) is 5.21. The summed E-state index contributed by atoms with van der Waals surface area (Å²) in [6.07, 6.45) is 1.55. The molecule has 0 saturated heterocycles. The number of benzene rings is 1. The maximum absolute atomic E-state index is 5.63. The first kappa shape index (κ1) is 11.3. The molecule has 0 aliphatic carbocycles. The summed E-state index contributed by atoms with van der Waals surface area (Å²) in [4.78, 5) is 4.07. The van der Waals surface area contributed by atoms with Gasteiger partial charge in [-0.15, -0.1) is 0 Å². The van der Waals surface area contributed by atoms with Crippen LogP contribution in [0, 0.1) is 0 Å². The highest BCUT2D eigenvalue weighted by atomic mass is 16.5. The van der Waals surface area contributed by atoms with Gasteiger partial charge >= 0.3 is 0 Å². The van der Waals surface area contributed by atoms with E-state index in [0.717, 1.165) is 0 Å². The maximum Gasteiger partial charge on any atom is 0.219 e. The van der Waals surface area contributed by atoms with E-state index in [1.807, 2.05) is 31.2 Å². The predicted octanol–water partition coefficient (Wildman–Crippen LogP) is 2.85. The molecule has 0 bridgehead atoms. The molecule has 0 fully saturated rings. The molecule has 0 unspecified atom stereocenters. The van der Waals surface area contributed by atoms with Gasteiger partial charge in [-0.25, -0.2) is 4.98 Å². The Bertz CT molecular complexity index is 483. The maximum atomic E-state index is 5.63. The number of nitrogens with zero attached hydrogens (tertiary/aromatic N) is 1. The molecule has 0 atom stereocenters. The van der Waals surface area contributed by atoms with Gasteiger partial charge in [0.2, 0.25) is 5.88 Å². The summed E-state index contributed by atoms with van der Waals surface area (Å²) in [6, 6.07) is 10.9. The highest BCUT2D eigenvalue weighted by Gasteiger charge is 2.05. The van der Waals surface area contributed by atoms with Gasteiger partial charge in [0.25, 0.3) is 0 Å². The zero-order valence-electron chi connectivity index (χ0n) is 9.59. The summed E-state index contributed by atoms with van der Waals surface area (Å²) in [5.74, 6) is 1.84. The molecule has 0 amide bonds. The molecule has 4 heteroatoms. The minimum atomic E-state index is 0.492. The van der Waals surface area contributed by atoms with Crippen LogP contribution in [0.2, 0.25) is 0 Å². The minimum absolute atomic E-state index is 0.492. The zero-order valence-corrected chi connectivity index (χ0v) is 9.59. The van der Waals surface area contributed by atoms with Crippen LogP contribution in [0.4, 0.5) is 5.69 Å². The molecule has 4 nitrogen and oxygen atoms in total. The zero-order chi connectivity index (χ0) is 12.1. The van der Waals surface area contributed by atoms with E-state index in [1.165, 1.54) is 0 Å². The Balaban J connectivity index is 2.20. The fraction of sp³-hybridized carbons (Fsp3) is 0.154. The van der Waals surface area contributed by atoms with Gasteiger partial charge in [0, 0.05) is 6.07 Å². The third kappa shape index (κ3) is 2.87. The van der Waals surface area contributed by atoms with Crippen molar-refractivity contribution in [3.05, 3.63) is 42.6 Å². The average molecular weight is 230 g/mol. The van der Waals surface area contributed by atoms with Crippen LogP contribution in [0.15, 0.2) is 42.6 Å². The van der Waals surface area contributed by atoms with E-state index in [4.69, 9.17) is 15.2 Å². The molecule has 0 aliphatic rings. The van der Waals surface area contributed by atoms with Gasteiger partial charge in [-0.05, 0) is 25.1 Å². The molecule has 88 valence electrons. The van der Waals surface area contributed by atoms with Crippen LogP contribution in [0.1, 0.15) is 6.92 Å². The van der Waals surface area contributed by atoms with E-state index < -0.39 is 0 Å². The highest BCUT2D eigenvalue weighted by molar-refractivity contribution is 5.43. The SMILES string of the molecule is CCOc1ccccc1Oc1ccc(N)cn1. The Morgan fingerprint density at radius 3 is 2.53 bits per heavy atom. The topological polar surface area (TPSA) is 57.4 Å². The molecule has 2 rings (SSSR count). The average Bonchev–Trinajstić information content (AvgIpc) is 2.35. The van der Waals surface area contributed by atoms with Crippen molar-refractivity contribution in [2.75, 3.05) is 12.3 Å². The Morgan fingerprint density at radius 2 is 1.88 bits per heavy atom. The standard InChI is InChI=1S/C13H14N2O2/c1-2-16-11-5-3-4-6-12(11)17-13-8-7-10(14)9-15-13/h3-9H,2,14H2,1H3. The van der Waals surface area contributed by atoms with Gasteiger partial charge < -0.3 is 15.2 Å². The van der Waals surface area contributed by atoms with Crippen molar-refractivity contribution in [1.82, 2.24) is 4.98 Å². The number of hydrogen-bond acceptors (Lipinski definition) is 4. The minimum Gasteiger partial charge on any atom is -0.490 e. The van der Waals surface area contributed by atoms with Crippen molar-refractivity contribution in [3.8, 4) is 17.4 Å². The molecule has 1 aromatic heterocycles.